The summed E-state index contributed by atoms with van der Waals surface area (Å²) in [4.78, 5) is 14.6. The van der Waals surface area contributed by atoms with Crippen LogP contribution in [0.5, 0.6) is 0 Å². The van der Waals surface area contributed by atoms with Crippen LogP contribution in [0.25, 0.3) is 0 Å². The lowest BCUT2D eigenvalue weighted by atomic mass is 10.1. The van der Waals surface area contributed by atoms with Crippen molar-refractivity contribution in [1.29, 1.82) is 0 Å². The highest BCUT2D eigenvalue weighted by Gasteiger charge is 2.17. The maximum absolute atomic E-state index is 12.4. The van der Waals surface area contributed by atoms with Gasteiger partial charge in [0.1, 0.15) is 0 Å². The van der Waals surface area contributed by atoms with E-state index in [0.29, 0.717) is 12.1 Å². The van der Waals surface area contributed by atoms with Crippen molar-refractivity contribution in [3.8, 4) is 0 Å². The van der Waals surface area contributed by atoms with Gasteiger partial charge in [0.25, 0.3) is 5.91 Å². The van der Waals surface area contributed by atoms with Gasteiger partial charge >= 0.3 is 0 Å². The van der Waals surface area contributed by atoms with Crippen LogP contribution in [0.15, 0.2) is 53.4 Å². The van der Waals surface area contributed by atoms with Crippen molar-refractivity contribution in [2.24, 2.45) is 0 Å². The van der Waals surface area contributed by atoms with Crippen LogP contribution in [0, 0.1) is 0 Å². The largest absolute Gasteiger partial charge is 0.383 e. The molecule has 0 saturated carbocycles. The molecule has 2 N–H and O–H groups in total. The summed E-state index contributed by atoms with van der Waals surface area (Å²) in [7, 11) is 1.88. The number of sulfonamides is 1. The highest BCUT2D eigenvalue weighted by Crippen LogP contribution is 2.12. The second kappa shape index (κ2) is 10.5. The summed E-state index contributed by atoms with van der Waals surface area (Å²) >= 11 is 0. The molecule has 0 spiro atoms. The number of amides is 1. The number of carbonyl (C=O) groups is 1. The molecule has 29 heavy (non-hydrogen) atoms. The lowest BCUT2D eigenvalue weighted by molar-refractivity contribution is 0.0951. The van der Waals surface area contributed by atoms with E-state index in [4.69, 9.17) is 4.74 Å². The molecule has 0 aromatic heterocycles. The van der Waals surface area contributed by atoms with E-state index in [9.17, 15) is 13.2 Å². The molecule has 2 aromatic rings. The van der Waals surface area contributed by atoms with E-state index in [0.717, 1.165) is 12.1 Å². The Kier molecular flexibility index (Phi) is 8.33. The van der Waals surface area contributed by atoms with Crippen molar-refractivity contribution in [2.45, 2.75) is 31.0 Å². The van der Waals surface area contributed by atoms with Crippen molar-refractivity contribution in [2.75, 3.05) is 27.8 Å². The van der Waals surface area contributed by atoms with Gasteiger partial charge in [-0.1, -0.05) is 24.3 Å². The molecule has 1 atom stereocenters. The molecule has 0 aliphatic heterocycles. The zero-order chi connectivity index (χ0) is 21.4. The number of hydrogen-bond donors (Lipinski definition) is 2. The molecule has 2 aromatic carbocycles. The van der Waals surface area contributed by atoms with Gasteiger partial charge in [-0.05, 0) is 56.4 Å². The second-order valence-corrected chi connectivity index (χ2v) is 8.95. The minimum atomic E-state index is -3.66. The monoisotopic (exact) mass is 419 g/mol. The van der Waals surface area contributed by atoms with E-state index in [1.165, 1.54) is 36.9 Å². The molecule has 0 bridgehead atoms. The standard InChI is InChI=1S/C21H29N3O4S/c1-16(15-28-4)23-29(26,27)20-11-9-19(10-12-20)21(25)22-13-17-5-7-18(8-6-17)14-24(2)3/h5-12,16,23H,13-15H2,1-4H3,(H,22,25)/t16-/m0/s1. The van der Waals surface area contributed by atoms with Crippen molar-refractivity contribution in [1.82, 2.24) is 14.9 Å². The van der Waals surface area contributed by atoms with Gasteiger partial charge in [0.15, 0.2) is 0 Å². The summed E-state index contributed by atoms with van der Waals surface area (Å²) in [6.45, 7) is 3.25. The van der Waals surface area contributed by atoms with E-state index in [1.54, 1.807) is 6.92 Å². The second-order valence-electron chi connectivity index (χ2n) is 7.24. The summed E-state index contributed by atoms with van der Waals surface area (Å²) in [5, 5.41) is 2.85. The quantitative estimate of drug-likeness (QED) is 0.615. The van der Waals surface area contributed by atoms with E-state index in [2.05, 4.69) is 14.9 Å². The van der Waals surface area contributed by atoms with Crippen LogP contribution in [0.1, 0.15) is 28.4 Å². The predicted molar refractivity (Wildman–Crippen MR) is 113 cm³/mol. The fourth-order valence-corrected chi connectivity index (χ4v) is 4.04. The van der Waals surface area contributed by atoms with Crippen LogP contribution in [-0.4, -0.2) is 53.1 Å². The van der Waals surface area contributed by atoms with Crippen molar-refractivity contribution < 1.29 is 17.9 Å². The van der Waals surface area contributed by atoms with E-state index in [1.807, 2.05) is 38.4 Å². The smallest absolute Gasteiger partial charge is 0.251 e. The third kappa shape index (κ3) is 7.25. The van der Waals surface area contributed by atoms with Gasteiger partial charge < -0.3 is 15.0 Å². The first-order valence-electron chi connectivity index (χ1n) is 9.33. The Morgan fingerprint density at radius 2 is 1.62 bits per heavy atom. The summed E-state index contributed by atoms with van der Waals surface area (Å²) < 4.78 is 32.1. The molecular weight excluding hydrogens is 390 g/mol. The maximum Gasteiger partial charge on any atom is 0.251 e. The number of ether oxygens (including phenoxy) is 1. The normalized spacial score (nSPS) is 12.7. The number of hydrogen-bond acceptors (Lipinski definition) is 5. The third-order valence-electron chi connectivity index (χ3n) is 4.17. The zero-order valence-electron chi connectivity index (χ0n) is 17.3. The minimum absolute atomic E-state index is 0.105. The fraction of sp³-hybridized carbons (Fsp3) is 0.381. The summed E-state index contributed by atoms with van der Waals surface area (Å²) in [6.07, 6.45) is 0. The lowest BCUT2D eigenvalue weighted by Crippen LogP contribution is -2.35. The number of rotatable bonds is 10. The zero-order valence-corrected chi connectivity index (χ0v) is 18.1. The highest BCUT2D eigenvalue weighted by atomic mass is 32.2. The Morgan fingerprint density at radius 1 is 1.03 bits per heavy atom. The Morgan fingerprint density at radius 3 is 2.17 bits per heavy atom. The number of benzene rings is 2. The lowest BCUT2D eigenvalue weighted by Gasteiger charge is -2.13. The molecule has 0 heterocycles. The molecule has 2 rings (SSSR count). The van der Waals surface area contributed by atoms with Crippen molar-refractivity contribution in [3.05, 3.63) is 65.2 Å². The average Bonchev–Trinajstić information content (AvgIpc) is 2.66. The van der Waals surface area contributed by atoms with Crippen LogP contribution in [0.3, 0.4) is 0 Å². The van der Waals surface area contributed by atoms with E-state index >= 15 is 0 Å². The Balaban J connectivity index is 1.95. The van der Waals surface area contributed by atoms with Crippen LogP contribution in [0.2, 0.25) is 0 Å². The molecule has 0 aliphatic rings. The number of nitrogens with one attached hydrogen (secondary N) is 2. The first-order chi connectivity index (χ1) is 13.7. The van der Waals surface area contributed by atoms with Crippen LogP contribution in [0.4, 0.5) is 0 Å². The van der Waals surface area contributed by atoms with Crippen LogP contribution < -0.4 is 10.0 Å². The van der Waals surface area contributed by atoms with Gasteiger partial charge in [-0.25, -0.2) is 13.1 Å². The third-order valence-corrected chi connectivity index (χ3v) is 5.78. The van der Waals surface area contributed by atoms with Gasteiger partial charge in [-0.3, -0.25) is 4.79 Å². The topological polar surface area (TPSA) is 87.7 Å². The molecule has 0 radical (unpaired) electrons. The first-order valence-corrected chi connectivity index (χ1v) is 10.8. The summed E-state index contributed by atoms with van der Waals surface area (Å²) in [5.74, 6) is -0.257. The van der Waals surface area contributed by atoms with Crippen LogP contribution in [-0.2, 0) is 27.8 Å². The predicted octanol–water partition coefficient (Wildman–Crippen LogP) is 1.99. The Labute approximate surface area is 173 Å². The van der Waals surface area contributed by atoms with E-state index in [-0.39, 0.29) is 23.5 Å². The van der Waals surface area contributed by atoms with Gasteiger partial charge in [-0.15, -0.1) is 0 Å². The molecule has 0 saturated heterocycles. The fourth-order valence-electron chi connectivity index (χ4n) is 2.81. The van der Waals surface area contributed by atoms with E-state index < -0.39 is 10.0 Å². The molecule has 1 amide bonds. The molecule has 8 heteroatoms. The van der Waals surface area contributed by atoms with Gasteiger partial charge in [0.2, 0.25) is 10.0 Å². The van der Waals surface area contributed by atoms with Crippen molar-refractivity contribution in [3.63, 3.8) is 0 Å². The summed E-state index contributed by atoms with van der Waals surface area (Å²) in [5.41, 5.74) is 2.60. The molecule has 0 aliphatic carbocycles. The van der Waals surface area contributed by atoms with Gasteiger partial charge in [0, 0.05) is 31.8 Å². The van der Waals surface area contributed by atoms with Crippen LogP contribution >= 0.6 is 0 Å². The average molecular weight is 420 g/mol. The first kappa shape index (κ1) is 23.0. The molecule has 158 valence electrons. The van der Waals surface area contributed by atoms with Gasteiger partial charge in [0.05, 0.1) is 11.5 Å². The highest BCUT2D eigenvalue weighted by molar-refractivity contribution is 7.89. The number of carbonyl (C=O) groups excluding carboxylic acids is 1. The Hall–Kier alpha value is -2.26. The molecular formula is C21H29N3O4S. The van der Waals surface area contributed by atoms with Gasteiger partial charge in [-0.2, -0.15) is 0 Å². The number of nitrogens with zero attached hydrogens (tertiary/aromatic N) is 1. The Bertz CT molecular complexity index is 895. The maximum atomic E-state index is 12.4. The SMILES string of the molecule is COC[C@H](C)NS(=O)(=O)c1ccc(C(=O)NCc2ccc(CN(C)C)cc2)cc1. The molecule has 0 unspecified atom stereocenters. The van der Waals surface area contributed by atoms with Crippen molar-refractivity contribution >= 4 is 15.9 Å². The minimum Gasteiger partial charge on any atom is -0.383 e. The molecule has 7 nitrogen and oxygen atoms in total. The number of methoxy groups -OCH3 is 1. The molecule has 0 fully saturated rings. The summed E-state index contributed by atoms with van der Waals surface area (Å²) in [6, 6.07) is 13.6.